The summed E-state index contributed by atoms with van der Waals surface area (Å²) in [4.78, 5) is 10.9. The lowest BCUT2D eigenvalue weighted by Gasteiger charge is -2.25. The summed E-state index contributed by atoms with van der Waals surface area (Å²) in [5, 5.41) is 12.2. The lowest BCUT2D eigenvalue weighted by Crippen LogP contribution is -2.15. The lowest BCUT2D eigenvalue weighted by molar-refractivity contribution is 0.0698. The molecule has 0 aromatic heterocycles. The monoisotopic (exact) mass is 234 g/mol. The zero-order chi connectivity index (χ0) is 12.3. The molecule has 4 heteroatoms. The van der Waals surface area contributed by atoms with Crippen molar-refractivity contribution in [2.24, 2.45) is 5.92 Å². The fraction of sp³-hybridized carbons (Fsp3) is 0.462. The van der Waals surface area contributed by atoms with Crippen LogP contribution in [0.4, 0.5) is 11.4 Å². The molecule has 0 saturated heterocycles. The van der Waals surface area contributed by atoms with Gasteiger partial charge in [-0.2, -0.15) is 0 Å². The molecule has 1 aliphatic rings. The zero-order valence-electron chi connectivity index (χ0n) is 9.78. The van der Waals surface area contributed by atoms with E-state index < -0.39 is 5.97 Å². The number of aromatic carboxylic acids is 1. The summed E-state index contributed by atoms with van der Waals surface area (Å²) in [7, 11) is 0. The summed E-state index contributed by atoms with van der Waals surface area (Å²) in [5.41, 5.74) is 6.89. The highest BCUT2D eigenvalue weighted by Gasteiger charge is 2.16. The van der Waals surface area contributed by atoms with Gasteiger partial charge in [-0.3, -0.25) is 0 Å². The molecule has 2 rings (SSSR count). The lowest BCUT2D eigenvalue weighted by atomic mass is 9.83. The number of hydrogen-bond donors (Lipinski definition) is 3. The van der Waals surface area contributed by atoms with Crippen LogP contribution in [0.25, 0.3) is 0 Å². The van der Waals surface area contributed by atoms with Gasteiger partial charge in [0.25, 0.3) is 0 Å². The highest BCUT2D eigenvalue weighted by Crippen LogP contribution is 2.29. The van der Waals surface area contributed by atoms with Crippen LogP contribution in [0.15, 0.2) is 18.2 Å². The Morgan fingerprint density at radius 1 is 1.47 bits per heavy atom. The van der Waals surface area contributed by atoms with Crippen LogP contribution in [-0.4, -0.2) is 17.6 Å². The van der Waals surface area contributed by atoms with E-state index in [9.17, 15) is 4.79 Å². The molecule has 1 aliphatic carbocycles. The molecular weight excluding hydrogens is 216 g/mol. The standard InChI is InChI=1S/C13H18N2O2/c14-12-5-4-10(8-11(12)13(16)17)15-7-6-9-2-1-3-9/h4-5,8-9,15H,1-3,6-7,14H2,(H,16,17). The van der Waals surface area contributed by atoms with Crippen LogP contribution < -0.4 is 11.1 Å². The van der Waals surface area contributed by atoms with E-state index in [4.69, 9.17) is 10.8 Å². The van der Waals surface area contributed by atoms with Crippen molar-refractivity contribution < 1.29 is 9.90 Å². The molecule has 4 nitrogen and oxygen atoms in total. The minimum Gasteiger partial charge on any atom is -0.478 e. The molecule has 0 bridgehead atoms. The second-order valence-electron chi connectivity index (χ2n) is 4.62. The molecular formula is C13H18N2O2. The third-order valence-electron chi connectivity index (χ3n) is 3.39. The fourth-order valence-corrected chi connectivity index (χ4v) is 2.05. The smallest absolute Gasteiger partial charge is 0.337 e. The number of benzene rings is 1. The first-order chi connectivity index (χ1) is 8.16. The first kappa shape index (κ1) is 11.8. The average molecular weight is 234 g/mol. The van der Waals surface area contributed by atoms with Crippen molar-refractivity contribution in [2.45, 2.75) is 25.7 Å². The minimum atomic E-state index is -0.981. The first-order valence-electron chi connectivity index (χ1n) is 6.03. The second kappa shape index (κ2) is 5.08. The number of carboxylic acids is 1. The Balaban J connectivity index is 1.91. The first-order valence-corrected chi connectivity index (χ1v) is 6.03. The summed E-state index contributed by atoms with van der Waals surface area (Å²) in [5.74, 6) is -0.125. The Kier molecular flexibility index (Phi) is 3.52. The molecule has 0 aliphatic heterocycles. The van der Waals surface area contributed by atoms with Crippen LogP contribution in [-0.2, 0) is 0 Å². The van der Waals surface area contributed by atoms with Gasteiger partial charge in [0, 0.05) is 17.9 Å². The van der Waals surface area contributed by atoms with Gasteiger partial charge in [0.05, 0.1) is 5.56 Å². The minimum absolute atomic E-state index is 0.165. The number of anilines is 2. The number of nitrogens with two attached hydrogens (primary N) is 1. The molecule has 1 saturated carbocycles. The van der Waals surface area contributed by atoms with Crippen LogP contribution >= 0.6 is 0 Å². The van der Waals surface area contributed by atoms with Gasteiger partial charge in [-0.15, -0.1) is 0 Å². The zero-order valence-corrected chi connectivity index (χ0v) is 9.78. The maximum absolute atomic E-state index is 10.9. The van der Waals surface area contributed by atoms with E-state index in [1.54, 1.807) is 12.1 Å². The third kappa shape index (κ3) is 2.90. The molecule has 0 atom stereocenters. The predicted molar refractivity (Wildman–Crippen MR) is 68.3 cm³/mol. The molecule has 0 heterocycles. The van der Waals surface area contributed by atoms with Gasteiger partial charge in [0.15, 0.2) is 0 Å². The number of carbonyl (C=O) groups is 1. The molecule has 92 valence electrons. The Morgan fingerprint density at radius 3 is 2.82 bits per heavy atom. The highest BCUT2D eigenvalue weighted by molar-refractivity contribution is 5.94. The molecule has 1 aromatic carbocycles. The van der Waals surface area contributed by atoms with Crippen molar-refractivity contribution in [1.29, 1.82) is 0 Å². The van der Waals surface area contributed by atoms with Gasteiger partial charge >= 0.3 is 5.97 Å². The molecule has 0 amide bonds. The van der Waals surface area contributed by atoms with Gasteiger partial charge in [-0.1, -0.05) is 19.3 Å². The summed E-state index contributed by atoms with van der Waals surface area (Å²) >= 11 is 0. The Labute approximate surface area is 101 Å². The van der Waals surface area contributed by atoms with Crippen molar-refractivity contribution in [3.05, 3.63) is 23.8 Å². The SMILES string of the molecule is Nc1ccc(NCCC2CCC2)cc1C(=O)O. The molecule has 17 heavy (non-hydrogen) atoms. The van der Waals surface area contributed by atoms with Gasteiger partial charge in [-0.05, 0) is 30.5 Å². The van der Waals surface area contributed by atoms with E-state index in [0.29, 0.717) is 5.69 Å². The highest BCUT2D eigenvalue weighted by atomic mass is 16.4. The molecule has 1 fully saturated rings. The van der Waals surface area contributed by atoms with E-state index >= 15 is 0 Å². The van der Waals surface area contributed by atoms with Crippen molar-refractivity contribution in [1.82, 2.24) is 0 Å². The predicted octanol–water partition coefficient (Wildman–Crippen LogP) is 2.57. The maximum atomic E-state index is 10.9. The Bertz CT molecular complexity index is 414. The average Bonchev–Trinajstić information content (AvgIpc) is 2.23. The Morgan fingerprint density at radius 2 is 2.24 bits per heavy atom. The largest absolute Gasteiger partial charge is 0.478 e. The quantitative estimate of drug-likeness (QED) is 0.684. The topological polar surface area (TPSA) is 75.3 Å². The summed E-state index contributed by atoms with van der Waals surface area (Å²) in [6.45, 7) is 0.896. The van der Waals surface area contributed by atoms with Crippen molar-refractivity contribution in [3.63, 3.8) is 0 Å². The van der Waals surface area contributed by atoms with Crippen LogP contribution in [0.3, 0.4) is 0 Å². The second-order valence-corrected chi connectivity index (χ2v) is 4.62. The number of nitrogens with one attached hydrogen (secondary N) is 1. The van der Waals surface area contributed by atoms with Gasteiger partial charge in [0.2, 0.25) is 0 Å². The van der Waals surface area contributed by atoms with E-state index in [0.717, 1.165) is 24.6 Å². The number of carboxylic acid groups (broad SMARTS) is 1. The van der Waals surface area contributed by atoms with E-state index in [1.165, 1.54) is 19.3 Å². The fourth-order valence-electron chi connectivity index (χ4n) is 2.05. The van der Waals surface area contributed by atoms with E-state index in [-0.39, 0.29) is 5.56 Å². The van der Waals surface area contributed by atoms with Crippen LogP contribution in [0.1, 0.15) is 36.0 Å². The van der Waals surface area contributed by atoms with Gasteiger partial charge in [0.1, 0.15) is 0 Å². The summed E-state index contributed by atoms with van der Waals surface area (Å²) in [6, 6.07) is 5.05. The summed E-state index contributed by atoms with van der Waals surface area (Å²) in [6.07, 6.45) is 5.19. The van der Waals surface area contributed by atoms with Crippen molar-refractivity contribution in [2.75, 3.05) is 17.6 Å². The number of rotatable bonds is 5. The number of hydrogen-bond acceptors (Lipinski definition) is 3. The Hall–Kier alpha value is -1.71. The summed E-state index contributed by atoms with van der Waals surface area (Å²) < 4.78 is 0. The molecule has 4 N–H and O–H groups in total. The van der Waals surface area contributed by atoms with E-state index in [1.807, 2.05) is 6.07 Å². The van der Waals surface area contributed by atoms with Gasteiger partial charge < -0.3 is 16.2 Å². The molecule has 0 radical (unpaired) electrons. The maximum Gasteiger partial charge on any atom is 0.337 e. The van der Waals surface area contributed by atoms with Crippen LogP contribution in [0.2, 0.25) is 0 Å². The number of nitrogen functional groups attached to an aromatic ring is 1. The third-order valence-corrected chi connectivity index (χ3v) is 3.39. The normalized spacial score (nSPS) is 15.3. The molecule has 0 unspecified atom stereocenters. The van der Waals surface area contributed by atoms with Crippen molar-refractivity contribution >= 4 is 17.3 Å². The van der Waals surface area contributed by atoms with E-state index in [2.05, 4.69) is 5.32 Å². The molecule has 1 aromatic rings. The van der Waals surface area contributed by atoms with Gasteiger partial charge in [-0.25, -0.2) is 4.79 Å². The van der Waals surface area contributed by atoms with Crippen LogP contribution in [0.5, 0.6) is 0 Å². The van der Waals surface area contributed by atoms with Crippen molar-refractivity contribution in [3.8, 4) is 0 Å². The molecule has 0 spiro atoms. The van der Waals surface area contributed by atoms with Crippen LogP contribution in [0, 0.1) is 5.92 Å².